The lowest BCUT2D eigenvalue weighted by Crippen LogP contribution is -2.17. The van der Waals surface area contributed by atoms with E-state index in [2.05, 4.69) is 0 Å². The van der Waals surface area contributed by atoms with Gasteiger partial charge in [-0.05, 0) is 42.7 Å². The molecule has 0 bridgehead atoms. The van der Waals surface area contributed by atoms with Crippen molar-refractivity contribution >= 4 is 16.9 Å². The minimum atomic E-state index is -0.345. The molecule has 3 rings (SSSR count). The monoisotopic (exact) mass is 425 g/mol. The molecule has 0 atom stereocenters. The van der Waals surface area contributed by atoms with Crippen molar-refractivity contribution in [2.75, 3.05) is 13.7 Å². The van der Waals surface area contributed by atoms with Crippen LogP contribution in [0.3, 0.4) is 0 Å². The summed E-state index contributed by atoms with van der Waals surface area (Å²) in [4.78, 5) is 23.8. The summed E-state index contributed by atoms with van der Waals surface area (Å²) in [5.41, 5.74) is 3.31. The van der Waals surface area contributed by atoms with Crippen LogP contribution in [0.25, 0.3) is 22.1 Å². The first-order valence-electron chi connectivity index (χ1n) is 10.4. The van der Waals surface area contributed by atoms with E-state index in [9.17, 15) is 9.59 Å². The van der Waals surface area contributed by atoms with Gasteiger partial charge in [-0.3, -0.25) is 14.8 Å². The first kappa shape index (κ1) is 22.4. The van der Waals surface area contributed by atoms with Gasteiger partial charge in [0.15, 0.2) is 5.43 Å². The van der Waals surface area contributed by atoms with Crippen molar-refractivity contribution in [3.8, 4) is 22.6 Å². The Morgan fingerprint density at radius 2 is 1.71 bits per heavy atom. The van der Waals surface area contributed by atoms with Crippen molar-refractivity contribution in [2.24, 2.45) is 0 Å². The summed E-state index contributed by atoms with van der Waals surface area (Å²) < 4.78 is 16.7. The van der Waals surface area contributed by atoms with Crippen LogP contribution in [0.1, 0.15) is 38.5 Å². The van der Waals surface area contributed by atoms with E-state index < -0.39 is 0 Å². The maximum Gasteiger partial charge on any atom is 0.243 e. The number of carbonyl (C=O) groups excluding carboxylic acids is 1. The van der Waals surface area contributed by atoms with Crippen molar-refractivity contribution in [1.29, 1.82) is 0 Å². The molecule has 2 N–H and O–H groups in total. The number of rotatable bonds is 11. The molecule has 0 spiro atoms. The highest BCUT2D eigenvalue weighted by atomic mass is 16.5. The number of ether oxygens (including phenoxy) is 2. The number of methoxy groups -OCH3 is 1. The van der Waals surface area contributed by atoms with Crippen LogP contribution in [-0.2, 0) is 4.79 Å². The van der Waals surface area contributed by atoms with E-state index in [4.69, 9.17) is 19.1 Å². The molecule has 1 heterocycles. The van der Waals surface area contributed by atoms with Gasteiger partial charge in [0.1, 0.15) is 23.3 Å². The Bertz CT molecular complexity index is 1060. The molecule has 2 aromatic carbocycles. The summed E-state index contributed by atoms with van der Waals surface area (Å²) in [5.74, 6) is 1.04. The van der Waals surface area contributed by atoms with Crippen LogP contribution in [0.2, 0.25) is 0 Å². The molecule has 0 aliphatic rings. The van der Waals surface area contributed by atoms with Crippen molar-refractivity contribution in [3.63, 3.8) is 0 Å². The van der Waals surface area contributed by atoms with Crippen LogP contribution in [0.4, 0.5) is 0 Å². The van der Waals surface area contributed by atoms with E-state index in [1.165, 1.54) is 6.26 Å². The van der Waals surface area contributed by atoms with Gasteiger partial charge < -0.3 is 13.9 Å². The zero-order valence-corrected chi connectivity index (χ0v) is 17.6. The number of fused-ring (bicyclic) bond motifs is 1. The Labute approximate surface area is 180 Å². The molecule has 1 amide bonds. The highest BCUT2D eigenvalue weighted by Gasteiger charge is 2.10. The quantitative estimate of drug-likeness (QED) is 0.263. The SMILES string of the molecule is COc1ccc(-c2coc3cc(OCCCCCCCC(=O)NO)ccc3c2=O)cc1. The molecule has 0 radical (unpaired) electrons. The number of hydroxylamine groups is 1. The number of hydrogen-bond acceptors (Lipinski definition) is 6. The normalized spacial score (nSPS) is 10.8. The molecule has 0 saturated carbocycles. The summed E-state index contributed by atoms with van der Waals surface area (Å²) >= 11 is 0. The van der Waals surface area contributed by atoms with Gasteiger partial charge in [0, 0.05) is 12.5 Å². The second-order valence-corrected chi connectivity index (χ2v) is 7.27. The van der Waals surface area contributed by atoms with Gasteiger partial charge in [0.2, 0.25) is 5.91 Å². The van der Waals surface area contributed by atoms with Crippen molar-refractivity contribution in [3.05, 3.63) is 59.0 Å². The zero-order chi connectivity index (χ0) is 22.1. The third-order valence-electron chi connectivity index (χ3n) is 5.09. The Kier molecular flexibility index (Phi) is 8.06. The molecular weight excluding hydrogens is 398 g/mol. The Morgan fingerprint density at radius 1 is 1.00 bits per heavy atom. The van der Waals surface area contributed by atoms with Gasteiger partial charge in [-0.2, -0.15) is 0 Å². The van der Waals surface area contributed by atoms with Crippen LogP contribution in [0.15, 0.2) is 57.9 Å². The van der Waals surface area contributed by atoms with E-state index in [1.54, 1.807) is 30.8 Å². The smallest absolute Gasteiger partial charge is 0.243 e. The van der Waals surface area contributed by atoms with E-state index in [0.29, 0.717) is 35.3 Å². The molecule has 0 aliphatic carbocycles. The van der Waals surface area contributed by atoms with Crippen molar-refractivity contribution in [2.45, 2.75) is 38.5 Å². The molecule has 0 unspecified atom stereocenters. The lowest BCUT2D eigenvalue weighted by atomic mass is 10.1. The summed E-state index contributed by atoms with van der Waals surface area (Å²) in [5, 5.41) is 8.94. The summed E-state index contributed by atoms with van der Waals surface area (Å²) in [6.45, 7) is 0.566. The van der Waals surface area contributed by atoms with Gasteiger partial charge in [0.05, 0.1) is 24.7 Å². The molecule has 3 aromatic rings. The molecule has 7 nitrogen and oxygen atoms in total. The fourth-order valence-electron chi connectivity index (χ4n) is 3.33. The molecule has 1 aromatic heterocycles. The number of unbranched alkanes of at least 4 members (excludes halogenated alkanes) is 4. The van der Waals surface area contributed by atoms with Gasteiger partial charge in [-0.25, -0.2) is 5.48 Å². The Morgan fingerprint density at radius 3 is 2.45 bits per heavy atom. The van der Waals surface area contributed by atoms with Crippen LogP contribution in [0, 0.1) is 0 Å². The number of nitrogens with one attached hydrogen (secondary N) is 1. The highest BCUT2D eigenvalue weighted by Crippen LogP contribution is 2.24. The number of amides is 1. The minimum Gasteiger partial charge on any atom is -0.497 e. The standard InChI is InChI=1S/C24H27NO6/c1-29-18-10-8-17(9-11-18)21-16-31-22-15-19(12-13-20(22)24(21)27)30-14-6-4-2-3-5-7-23(26)25-28/h8-13,15-16,28H,2-7,14H2,1H3,(H,25,26). The lowest BCUT2D eigenvalue weighted by molar-refractivity contribution is -0.129. The van der Waals surface area contributed by atoms with Crippen LogP contribution >= 0.6 is 0 Å². The minimum absolute atomic E-state index is 0.0900. The predicted molar refractivity (Wildman–Crippen MR) is 118 cm³/mol. The van der Waals surface area contributed by atoms with E-state index in [-0.39, 0.29) is 11.3 Å². The van der Waals surface area contributed by atoms with Crippen LogP contribution < -0.4 is 20.4 Å². The lowest BCUT2D eigenvalue weighted by Gasteiger charge is -2.08. The van der Waals surface area contributed by atoms with Crippen LogP contribution in [-0.4, -0.2) is 24.8 Å². The second kappa shape index (κ2) is 11.2. The second-order valence-electron chi connectivity index (χ2n) is 7.27. The molecule has 0 aliphatic heterocycles. The third kappa shape index (κ3) is 6.08. The fraction of sp³-hybridized carbons (Fsp3) is 0.333. The van der Waals surface area contributed by atoms with E-state index in [1.807, 2.05) is 24.3 Å². The zero-order valence-electron chi connectivity index (χ0n) is 17.6. The largest absolute Gasteiger partial charge is 0.497 e. The van der Waals surface area contributed by atoms with Crippen LogP contribution in [0.5, 0.6) is 11.5 Å². The van der Waals surface area contributed by atoms with Gasteiger partial charge in [0.25, 0.3) is 0 Å². The maximum absolute atomic E-state index is 12.9. The average Bonchev–Trinajstić information content (AvgIpc) is 2.81. The number of hydrogen-bond donors (Lipinski definition) is 2. The van der Waals surface area contributed by atoms with Gasteiger partial charge >= 0.3 is 0 Å². The molecule has 7 heteroatoms. The van der Waals surface area contributed by atoms with E-state index in [0.717, 1.165) is 43.4 Å². The first-order chi connectivity index (χ1) is 15.1. The summed E-state index contributed by atoms with van der Waals surface area (Å²) in [7, 11) is 1.60. The van der Waals surface area contributed by atoms with Crippen molar-refractivity contribution in [1.82, 2.24) is 5.48 Å². The van der Waals surface area contributed by atoms with E-state index >= 15 is 0 Å². The number of carbonyl (C=O) groups is 1. The topological polar surface area (TPSA) is 98.0 Å². The van der Waals surface area contributed by atoms with Gasteiger partial charge in [-0.1, -0.05) is 31.4 Å². The Balaban J connectivity index is 1.53. The third-order valence-corrected chi connectivity index (χ3v) is 5.09. The molecular formula is C24H27NO6. The number of benzene rings is 2. The molecule has 0 fully saturated rings. The first-order valence-corrected chi connectivity index (χ1v) is 10.4. The van der Waals surface area contributed by atoms with Crippen molar-refractivity contribution < 1.29 is 23.9 Å². The molecule has 31 heavy (non-hydrogen) atoms. The Hall–Kier alpha value is -3.32. The van der Waals surface area contributed by atoms with Gasteiger partial charge in [-0.15, -0.1) is 0 Å². The molecule has 164 valence electrons. The fourth-order valence-corrected chi connectivity index (χ4v) is 3.33. The average molecular weight is 425 g/mol. The predicted octanol–water partition coefficient (Wildman–Crippen LogP) is 4.69. The molecule has 0 saturated heterocycles. The summed E-state index contributed by atoms with van der Waals surface area (Å²) in [6.07, 6.45) is 6.41. The maximum atomic E-state index is 12.9. The summed E-state index contributed by atoms with van der Waals surface area (Å²) in [6, 6.07) is 12.5. The highest BCUT2D eigenvalue weighted by molar-refractivity contribution is 5.82.